The van der Waals surface area contributed by atoms with Crippen LogP contribution >= 0.6 is 11.8 Å². The zero-order valence-electron chi connectivity index (χ0n) is 11.7. The van der Waals surface area contributed by atoms with Crippen molar-refractivity contribution in [2.75, 3.05) is 32.8 Å². The number of rotatable bonds is 8. The van der Waals surface area contributed by atoms with Crippen molar-refractivity contribution < 1.29 is 9.47 Å². The van der Waals surface area contributed by atoms with Gasteiger partial charge in [-0.15, -0.1) is 0 Å². The number of hydrogen-bond donors (Lipinski definition) is 1. The highest BCUT2D eigenvalue weighted by molar-refractivity contribution is 7.98. The summed E-state index contributed by atoms with van der Waals surface area (Å²) in [5.41, 5.74) is 1.20. The first kappa shape index (κ1) is 15.2. The highest BCUT2D eigenvalue weighted by atomic mass is 32.2. The first-order valence-corrected chi connectivity index (χ1v) is 7.60. The molecule has 0 aliphatic rings. The number of ether oxygens (including phenoxy) is 2. The van der Waals surface area contributed by atoms with Crippen LogP contribution in [0.2, 0.25) is 0 Å². The average molecular weight is 269 g/mol. The number of hydrogen-bond acceptors (Lipinski definition) is 4. The Balaban J connectivity index is 2.94. The van der Waals surface area contributed by atoms with Crippen molar-refractivity contribution >= 4 is 11.8 Å². The highest BCUT2D eigenvalue weighted by Gasteiger charge is 2.15. The average Bonchev–Trinajstić information content (AvgIpc) is 2.42. The lowest BCUT2D eigenvalue weighted by atomic mass is 10.0. The van der Waals surface area contributed by atoms with Crippen molar-refractivity contribution in [3.05, 3.63) is 23.8 Å². The minimum absolute atomic E-state index is 0.336. The predicted molar refractivity (Wildman–Crippen MR) is 79.0 cm³/mol. The molecule has 102 valence electrons. The van der Waals surface area contributed by atoms with Crippen molar-refractivity contribution in [1.29, 1.82) is 0 Å². The van der Waals surface area contributed by atoms with Gasteiger partial charge in [0.2, 0.25) is 0 Å². The maximum Gasteiger partial charge on any atom is 0.127 e. The van der Waals surface area contributed by atoms with E-state index in [1.165, 1.54) is 5.56 Å². The molecule has 4 heteroatoms. The molecule has 0 amide bonds. The zero-order chi connectivity index (χ0) is 13.4. The van der Waals surface area contributed by atoms with Crippen LogP contribution in [0.1, 0.15) is 24.9 Å². The summed E-state index contributed by atoms with van der Waals surface area (Å²) in [6.07, 6.45) is 3.23. The summed E-state index contributed by atoms with van der Waals surface area (Å²) in [4.78, 5) is 0. The van der Waals surface area contributed by atoms with E-state index in [2.05, 4.69) is 24.6 Å². The summed E-state index contributed by atoms with van der Waals surface area (Å²) in [6, 6.07) is 6.36. The molecule has 0 aliphatic heterocycles. The van der Waals surface area contributed by atoms with Crippen LogP contribution in [0.15, 0.2) is 18.2 Å². The van der Waals surface area contributed by atoms with Crippen LogP contribution in [0.5, 0.6) is 11.5 Å². The monoisotopic (exact) mass is 269 g/mol. The largest absolute Gasteiger partial charge is 0.497 e. The fourth-order valence-electron chi connectivity index (χ4n) is 1.96. The van der Waals surface area contributed by atoms with Crippen LogP contribution in [0, 0.1) is 0 Å². The van der Waals surface area contributed by atoms with Gasteiger partial charge in [0, 0.05) is 17.7 Å². The van der Waals surface area contributed by atoms with E-state index < -0.39 is 0 Å². The van der Waals surface area contributed by atoms with Gasteiger partial charge in [0.15, 0.2) is 0 Å². The third kappa shape index (κ3) is 4.10. The maximum absolute atomic E-state index is 5.47. The predicted octanol–water partition coefficient (Wildman–Crippen LogP) is 3.11. The van der Waals surface area contributed by atoms with Gasteiger partial charge in [0.1, 0.15) is 11.5 Å². The number of thioether (sulfide) groups is 1. The molecule has 0 heterocycles. The summed E-state index contributed by atoms with van der Waals surface area (Å²) < 4.78 is 10.7. The van der Waals surface area contributed by atoms with Crippen molar-refractivity contribution in [3.8, 4) is 11.5 Å². The SMILES string of the molecule is CCNC(CCSC)c1ccc(OC)cc1OC. The van der Waals surface area contributed by atoms with E-state index >= 15 is 0 Å². The number of nitrogens with one attached hydrogen (secondary N) is 1. The van der Waals surface area contributed by atoms with Crippen molar-refractivity contribution in [2.45, 2.75) is 19.4 Å². The summed E-state index contributed by atoms with van der Waals surface area (Å²) in [5.74, 6) is 2.85. The van der Waals surface area contributed by atoms with Crippen LogP contribution in [0.4, 0.5) is 0 Å². The van der Waals surface area contributed by atoms with E-state index in [4.69, 9.17) is 9.47 Å². The summed E-state index contributed by atoms with van der Waals surface area (Å²) in [6.45, 7) is 3.08. The Kier molecular flexibility index (Phi) is 6.98. The third-order valence-corrected chi connectivity index (χ3v) is 3.52. The van der Waals surface area contributed by atoms with E-state index in [9.17, 15) is 0 Å². The number of benzene rings is 1. The molecule has 0 radical (unpaired) electrons. The van der Waals surface area contributed by atoms with Gasteiger partial charge in [-0.1, -0.05) is 13.0 Å². The Bertz CT molecular complexity index is 358. The van der Waals surface area contributed by atoms with Crippen LogP contribution in [-0.4, -0.2) is 32.8 Å². The minimum Gasteiger partial charge on any atom is -0.497 e. The van der Waals surface area contributed by atoms with E-state index in [0.29, 0.717) is 6.04 Å². The fourth-order valence-corrected chi connectivity index (χ4v) is 2.43. The van der Waals surface area contributed by atoms with Crippen LogP contribution in [0.25, 0.3) is 0 Å². The molecule has 0 bridgehead atoms. The Morgan fingerprint density at radius 3 is 2.61 bits per heavy atom. The Morgan fingerprint density at radius 1 is 1.28 bits per heavy atom. The van der Waals surface area contributed by atoms with Crippen LogP contribution < -0.4 is 14.8 Å². The standard InChI is InChI=1S/C14H23NO2S/c1-5-15-13(8-9-18-4)12-7-6-11(16-2)10-14(12)17-3/h6-7,10,13,15H,5,8-9H2,1-4H3. The first-order chi connectivity index (χ1) is 8.76. The molecule has 1 rings (SSSR count). The van der Waals surface area contributed by atoms with Gasteiger partial charge >= 0.3 is 0 Å². The third-order valence-electron chi connectivity index (χ3n) is 2.88. The molecule has 0 fully saturated rings. The molecular weight excluding hydrogens is 246 g/mol. The van der Waals surface area contributed by atoms with E-state index in [1.807, 2.05) is 23.9 Å². The molecule has 1 unspecified atom stereocenters. The van der Waals surface area contributed by atoms with Gasteiger partial charge < -0.3 is 14.8 Å². The first-order valence-electron chi connectivity index (χ1n) is 6.21. The lowest BCUT2D eigenvalue weighted by Gasteiger charge is -2.21. The Labute approximate surface area is 114 Å². The summed E-state index contributed by atoms with van der Waals surface area (Å²) in [5, 5.41) is 3.51. The lowest BCUT2D eigenvalue weighted by Crippen LogP contribution is -2.22. The van der Waals surface area contributed by atoms with Gasteiger partial charge in [0.25, 0.3) is 0 Å². The summed E-state index contributed by atoms with van der Waals surface area (Å²) in [7, 11) is 3.37. The second kappa shape index (κ2) is 8.27. The van der Waals surface area contributed by atoms with Crippen LogP contribution in [-0.2, 0) is 0 Å². The highest BCUT2D eigenvalue weighted by Crippen LogP contribution is 2.31. The second-order valence-electron chi connectivity index (χ2n) is 4.00. The van der Waals surface area contributed by atoms with E-state index in [1.54, 1.807) is 14.2 Å². The molecule has 1 atom stereocenters. The quantitative estimate of drug-likeness (QED) is 0.785. The van der Waals surface area contributed by atoms with E-state index in [-0.39, 0.29) is 0 Å². The normalized spacial score (nSPS) is 12.2. The van der Waals surface area contributed by atoms with Crippen LogP contribution in [0.3, 0.4) is 0 Å². The van der Waals surface area contributed by atoms with Gasteiger partial charge in [-0.3, -0.25) is 0 Å². The molecule has 0 spiro atoms. The van der Waals surface area contributed by atoms with Gasteiger partial charge in [-0.25, -0.2) is 0 Å². The summed E-state index contributed by atoms with van der Waals surface area (Å²) >= 11 is 1.87. The molecule has 1 aromatic carbocycles. The molecule has 18 heavy (non-hydrogen) atoms. The topological polar surface area (TPSA) is 30.5 Å². The van der Waals surface area contributed by atoms with Gasteiger partial charge in [-0.05, 0) is 31.0 Å². The molecule has 0 aliphatic carbocycles. The molecule has 0 saturated heterocycles. The molecule has 1 aromatic rings. The molecular formula is C14H23NO2S. The van der Waals surface area contributed by atoms with E-state index in [0.717, 1.165) is 30.2 Å². The zero-order valence-corrected chi connectivity index (χ0v) is 12.5. The fraction of sp³-hybridized carbons (Fsp3) is 0.571. The molecule has 0 saturated carbocycles. The molecule has 3 nitrogen and oxygen atoms in total. The Morgan fingerprint density at radius 2 is 2.06 bits per heavy atom. The van der Waals surface area contributed by atoms with Gasteiger partial charge in [0.05, 0.1) is 14.2 Å². The maximum atomic E-state index is 5.47. The Hall–Kier alpha value is -0.870. The number of methoxy groups -OCH3 is 2. The lowest BCUT2D eigenvalue weighted by molar-refractivity contribution is 0.383. The molecule has 1 N–H and O–H groups in total. The minimum atomic E-state index is 0.336. The smallest absolute Gasteiger partial charge is 0.127 e. The van der Waals surface area contributed by atoms with Gasteiger partial charge in [-0.2, -0.15) is 11.8 Å². The van der Waals surface area contributed by atoms with Crippen molar-refractivity contribution in [3.63, 3.8) is 0 Å². The molecule has 0 aromatic heterocycles. The van der Waals surface area contributed by atoms with Crippen molar-refractivity contribution in [1.82, 2.24) is 5.32 Å². The second-order valence-corrected chi connectivity index (χ2v) is 4.99. The van der Waals surface area contributed by atoms with Crippen molar-refractivity contribution in [2.24, 2.45) is 0 Å².